The van der Waals surface area contributed by atoms with Gasteiger partial charge in [-0.15, -0.1) is 0 Å². The van der Waals surface area contributed by atoms with Crippen LogP contribution in [0.5, 0.6) is 0 Å². The number of rotatable bonds is 6. The summed E-state index contributed by atoms with van der Waals surface area (Å²) in [6.07, 6.45) is -2.03. The zero-order valence-electron chi connectivity index (χ0n) is 11.6. The van der Waals surface area contributed by atoms with E-state index in [0.29, 0.717) is 13.1 Å². The number of carbonyl (C=O) groups is 2. The molecular formula is C11H22N2O5. The van der Waals surface area contributed by atoms with E-state index in [1.807, 2.05) is 13.8 Å². The van der Waals surface area contributed by atoms with Crippen molar-refractivity contribution in [2.75, 3.05) is 13.1 Å². The average molecular weight is 262 g/mol. The number of amides is 2. The smallest absolute Gasteiger partial charge is 0.432 e. The molecule has 0 aliphatic carbocycles. The lowest BCUT2D eigenvalue weighted by atomic mass is 10.5. The van der Waals surface area contributed by atoms with Gasteiger partial charge in [0.1, 0.15) is 0 Å². The summed E-state index contributed by atoms with van der Waals surface area (Å²) in [4.78, 5) is 29.0. The second-order valence-corrected chi connectivity index (χ2v) is 3.80. The molecule has 1 unspecified atom stereocenters. The van der Waals surface area contributed by atoms with Crippen molar-refractivity contribution >= 4 is 12.2 Å². The minimum Gasteiger partial charge on any atom is -0.432 e. The van der Waals surface area contributed by atoms with Gasteiger partial charge in [0.25, 0.3) is 0 Å². The summed E-state index contributed by atoms with van der Waals surface area (Å²) < 4.78 is 9.50. The molecule has 1 atom stereocenters. The largest absolute Gasteiger partial charge is 0.510 e. The molecular weight excluding hydrogens is 240 g/mol. The van der Waals surface area contributed by atoms with Gasteiger partial charge in [-0.1, -0.05) is 0 Å². The second-order valence-electron chi connectivity index (χ2n) is 3.80. The molecule has 18 heavy (non-hydrogen) atoms. The Morgan fingerprint density at radius 1 is 1.11 bits per heavy atom. The first-order chi connectivity index (χ1) is 8.40. The fourth-order valence-corrected chi connectivity index (χ4v) is 1.09. The third-order valence-corrected chi connectivity index (χ3v) is 1.96. The minimum absolute atomic E-state index is 0.269. The van der Waals surface area contributed by atoms with Crippen LogP contribution < -0.4 is 5.48 Å². The van der Waals surface area contributed by atoms with E-state index >= 15 is 0 Å². The molecule has 0 aromatic carbocycles. The molecule has 0 radical (unpaired) electrons. The van der Waals surface area contributed by atoms with Crippen molar-refractivity contribution < 1.29 is 23.9 Å². The lowest BCUT2D eigenvalue weighted by Gasteiger charge is -2.20. The molecule has 106 valence electrons. The molecule has 0 rings (SSSR count). The number of hydroxylamine groups is 1. The van der Waals surface area contributed by atoms with Crippen molar-refractivity contribution in [2.45, 2.75) is 47.0 Å². The highest BCUT2D eigenvalue weighted by molar-refractivity contribution is 5.72. The van der Waals surface area contributed by atoms with E-state index in [9.17, 15) is 9.59 Å². The maximum atomic E-state index is 11.5. The molecule has 0 saturated carbocycles. The van der Waals surface area contributed by atoms with Crippen LogP contribution in [0.4, 0.5) is 9.59 Å². The number of carbonyl (C=O) groups excluding carboxylic acids is 2. The van der Waals surface area contributed by atoms with Crippen molar-refractivity contribution in [3.63, 3.8) is 0 Å². The van der Waals surface area contributed by atoms with Crippen molar-refractivity contribution in [3.05, 3.63) is 0 Å². The highest BCUT2D eigenvalue weighted by Gasteiger charge is 2.15. The molecule has 7 heteroatoms. The lowest BCUT2D eigenvalue weighted by molar-refractivity contribution is -0.142. The first-order valence-electron chi connectivity index (χ1n) is 5.98. The normalized spacial score (nSPS) is 11.9. The number of nitrogens with one attached hydrogen (secondary N) is 1. The number of nitrogens with zero attached hydrogens (tertiary/aromatic N) is 1. The van der Waals surface area contributed by atoms with Crippen LogP contribution in [0.25, 0.3) is 0 Å². The van der Waals surface area contributed by atoms with Crippen LogP contribution in [0, 0.1) is 0 Å². The molecule has 0 saturated heterocycles. The van der Waals surface area contributed by atoms with Crippen LogP contribution in [0.3, 0.4) is 0 Å². The standard InChI is InChI=1S/C11H22N2O5/c1-6-13(7-2)10(14)12-18-9(5)17-11(15)16-8(3)4/h8-9H,6-7H2,1-5H3,(H,12,14). The Bertz CT molecular complexity index is 266. The van der Waals surface area contributed by atoms with Gasteiger partial charge in [0.05, 0.1) is 6.10 Å². The van der Waals surface area contributed by atoms with Gasteiger partial charge in [-0.05, 0) is 27.7 Å². The zero-order chi connectivity index (χ0) is 14.1. The van der Waals surface area contributed by atoms with E-state index in [1.54, 1.807) is 13.8 Å². The van der Waals surface area contributed by atoms with Gasteiger partial charge in [0.2, 0.25) is 6.29 Å². The van der Waals surface area contributed by atoms with Crippen LogP contribution in [0.1, 0.15) is 34.6 Å². The quantitative estimate of drug-likeness (QED) is 0.449. The van der Waals surface area contributed by atoms with Crippen molar-refractivity contribution in [2.24, 2.45) is 0 Å². The summed E-state index contributed by atoms with van der Waals surface area (Å²) in [5.41, 5.74) is 2.20. The average Bonchev–Trinajstić information content (AvgIpc) is 2.26. The minimum atomic E-state index is -0.921. The van der Waals surface area contributed by atoms with Gasteiger partial charge >= 0.3 is 12.2 Å². The number of urea groups is 1. The van der Waals surface area contributed by atoms with Crippen molar-refractivity contribution in [3.8, 4) is 0 Å². The Hall–Kier alpha value is -1.50. The fraction of sp³-hybridized carbons (Fsp3) is 0.818. The van der Waals surface area contributed by atoms with Gasteiger partial charge in [0.15, 0.2) is 0 Å². The van der Waals surface area contributed by atoms with E-state index in [2.05, 4.69) is 5.48 Å². The summed E-state index contributed by atoms with van der Waals surface area (Å²) >= 11 is 0. The number of hydrogen-bond acceptors (Lipinski definition) is 5. The molecule has 0 aromatic heterocycles. The van der Waals surface area contributed by atoms with Crippen LogP contribution in [0.2, 0.25) is 0 Å². The van der Waals surface area contributed by atoms with Gasteiger partial charge in [-0.2, -0.15) is 0 Å². The third kappa shape index (κ3) is 6.95. The first kappa shape index (κ1) is 16.5. The monoisotopic (exact) mass is 262 g/mol. The molecule has 7 nitrogen and oxygen atoms in total. The molecule has 0 heterocycles. The Balaban J connectivity index is 3.92. The molecule has 2 amide bonds. The summed E-state index contributed by atoms with van der Waals surface area (Å²) in [6, 6.07) is -0.382. The van der Waals surface area contributed by atoms with Gasteiger partial charge in [-0.25, -0.2) is 19.9 Å². The maximum Gasteiger partial charge on any atom is 0.510 e. The molecule has 1 N–H and O–H groups in total. The number of ether oxygens (including phenoxy) is 2. The third-order valence-electron chi connectivity index (χ3n) is 1.96. The summed E-state index contributed by atoms with van der Waals surface area (Å²) in [7, 11) is 0. The van der Waals surface area contributed by atoms with Crippen molar-refractivity contribution in [1.29, 1.82) is 0 Å². The van der Waals surface area contributed by atoms with Gasteiger partial charge < -0.3 is 14.4 Å². The molecule has 0 aliphatic heterocycles. The Morgan fingerprint density at radius 3 is 2.11 bits per heavy atom. The Morgan fingerprint density at radius 2 is 1.67 bits per heavy atom. The summed E-state index contributed by atoms with van der Waals surface area (Å²) in [6.45, 7) is 9.71. The highest BCUT2D eigenvalue weighted by atomic mass is 16.8. The molecule has 0 bridgehead atoms. The van der Waals surface area contributed by atoms with E-state index in [4.69, 9.17) is 14.3 Å². The first-order valence-corrected chi connectivity index (χ1v) is 5.98. The molecule has 0 spiro atoms. The topological polar surface area (TPSA) is 77.1 Å². The molecule has 0 fully saturated rings. The van der Waals surface area contributed by atoms with E-state index in [0.717, 1.165) is 0 Å². The Kier molecular flexibility index (Phi) is 7.86. The lowest BCUT2D eigenvalue weighted by Crippen LogP contribution is -2.41. The SMILES string of the molecule is CCN(CC)C(=O)NOC(C)OC(=O)OC(C)C. The maximum absolute atomic E-state index is 11.5. The predicted molar refractivity (Wildman–Crippen MR) is 64.7 cm³/mol. The van der Waals surface area contributed by atoms with Crippen LogP contribution in [0.15, 0.2) is 0 Å². The van der Waals surface area contributed by atoms with Crippen LogP contribution in [-0.4, -0.2) is 42.6 Å². The van der Waals surface area contributed by atoms with Crippen molar-refractivity contribution in [1.82, 2.24) is 10.4 Å². The van der Waals surface area contributed by atoms with Gasteiger partial charge in [-0.3, -0.25) is 0 Å². The molecule has 0 aliphatic rings. The molecule has 0 aromatic rings. The van der Waals surface area contributed by atoms with E-state index < -0.39 is 12.4 Å². The summed E-state index contributed by atoms with van der Waals surface area (Å²) in [5.74, 6) is 0. The zero-order valence-corrected chi connectivity index (χ0v) is 11.6. The summed E-state index contributed by atoms with van der Waals surface area (Å²) in [5, 5.41) is 0. The van der Waals surface area contributed by atoms with Crippen LogP contribution in [-0.2, 0) is 14.3 Å². The van der Waals surface area contributed by atoms with Crippen LogP contribution >= 0.6 is 0 Å². The predicted octanol–water partition coefficient (Wildman–Crippen LogP) is 1.88. The Labute approximate surface area is 107 Å². The highest BCUT2D eigenvalue weighted by Crippen LogP contribution is 1.98. The second kappa shape index (κ2) is 8.57. The van der Waals surface area contributed by atoms with E-state index in [1.165, 1.54) is 11.8 Å². The van der Waals surface area contributed by atoms with E-state index in [-0.39, 0.29) is 12.1 Å². The number of hydrogen-bond donors (Lipinski definition) is 1. The fourth-order valence-electron chi connectivity index (χ4n) is 1.09. The van der Waals surface area contributed by atoms with Gasteiger partial charge in [0, 0.05) is 20.0 Å².